The van der Waals surface area contributed by atoms with Crippen molar-refractivity contribution >= 4 is 32.6 Å². The average molecular weight is 640 g/mol. The molecule has 3 heteroatoms. The third kappa shape index (κ3) is 4.30. The lowest BCUT2D eigenvalue weighted by atomic mass is 9.84. The molecule has 0 bridgehead atoms. The number of hydrogen-bond acceptors (Lipinski definition) is 2. The smallest absolute Gasteiger partial charge is 0.164 e. The summed E-state index contributed by atoms with van der Waals surface area (Å²) in [6.45, 7) is 4.58. The van der Waals surface area contributed by atoms with Gasteiger partial charge >= 0.3 is 0 Å². The van der Waals surface area contributed by atoms with Gasteiger partial charge in [-0.3, -0.25) is 4.57 Å². The van der Waals surface area contributed by atoms with Gasteiger partial charge in [0.15, 0.2) is 5.82 Å². The van der Waals surface area contributed by atoms with Gasteiger partial charge in [-0.25, -0.2) is 9.97 Å². The van der Waals surface area contributed by atoms with E-state index < -0.39 is 0 Å². The summed E-state index contributed by atoms with van der Waals surface area (Å²) in [5.74, 6) is 0.856. The molecule has 236 valence electrons. The molecule has 0 aliphatic heterocycles. The molecule has 0 saturated heterocycles. The number of fused-ring (bicyclic) bond motifs is 7. The van der Waals surface area contributed by atoms with Gasteiger partial charge in [0.1, 0.15) is 5.69 Å². The topological polar surface area (TPSA) is 30.7 Å². The second kappa shape index (κ2) is 10.8. The maximum atomic E-state index is 5.67. The molecule has 7 aromatic carbocycles. The van der Waals surface area contributed by atoms with E-state index in [2.05, 4.69) is 182 Å². The quantitative estimate of drug-likeness (QED) is 0.192. The maximum absolute atomic E-state index is 5.67. The van der Waals surface area contributed by atoms with Crippen LogP contribution in [-0.4, -0.2) is 14.5 Å². The zero-order valence-electron chi connectivity index (χ0n) is 27.9. The normalized spacial score (nSPS) is 13.2. The van der Waals surface area contributed by atoms with Gasteiger partial charge in [-0.2, -0.15) is 0 Å². The molecule has 1 aliphatic rings. The summed E-state index contributed by atoms with van der Waals surface area (Å²) in [6, 6.07) is 58.7. The second-order valence-corrected chi connectivity index (χ2v) is 13.9. The van der Waals surface area contributed by atoms with Crippen molar-refractivity contribution in [3.05, 3.63) is 175 Å². The molecule has 9 aromatic rings. The highest BCUT2D eigenvalue weighted by molar-refractivity contribution is 6.13. The lowest BCUT2D eigenvalue weighted by Crippen LogP contribution is -2.19. The number of benzene rings is 7. The molecule has 10 rings (SSSR count). The Labute approximate surface area is 291 Å². The van der Waals surface area contributed by atoms with E-state index >= 15 is 0 Å². The maximum Gasteiger partial charge on any atom is 0.164 e. The van der Waals surface area contributed by atoms with Crippen molar-refractivity contribution in [2.75, 3.05) is 0 Å². The Morgan fingerprint density at radius 3 is 1.76 bits per heavy atom. The Morgan fingerprint density at radius 2 is 1.02 bits per heavy atom. The highest BCUT2D eigenvalue weighted by atomic mass is 15.1. The molecule has 0 N–H and O–H groups in total. The monoisotopic (exact) mass is 639 g/mol. The van der Waals surface area contributed by atoms with E-state index in [4.69, 9.17) is 9.97 Å². The Morgan fingerprint density at radius 1 is 0.440 bits per heavy atom. The molecule has 0 amide bonds. The molecule has 2 aromatic heterocycles. The average Bonchev–Trinajstić information content (AvgIpc) is 3.61. The molecule has 3 nitrogen and oxygen atoms in total. The van der Waals surface area contributed by atoms with Crippen LogP contribution in [-0.2, 0) is 5.41 Å². The fraction of sp³-hybridized carbons (Fsp3) is 0.0638. The third-order valence-electron chi connectivity index (χ3n) is 10.5. The van der Waals surface area contributed by atoms with Gasteiger partial charge < -0.3 is 0 Å². The molecule has 0 spiro atoms. The van der Waals surface area contributed by atoms with Crippen LogP contribution in [0.15, 0.2) is 164 Å². The predicted molar refractivity (Wildman–Crippen MR) is 208 cm³/mol. The first kappa shape index (κ1) is 28.7. The number of nitrogens with zero attached hydrogens (tertiary/aromatic N) is 3. The van der Waals surface area contributed by atoms with E-state index in [1.807, 2.05) is 0 Å². The molecule has 0 atom stereocenters. The number of para-hydroxylation sites is 1. The van der Waals surface area contributed by atoms with Gasteiger partial charge in [-0.05, 0) is 62.9 Å². The van der Waals surface area contributed by atoms with Crippen molar-refractivity contribution < 1.29 is 0 Å². The van der Waals surface area contributed by atoms with Crippen LogP contribution in [0, 0.1) is 0 Å². The summed E-state index contributed by atoms with van der Waals surface area (Å²) < 4.78 is 2.34. The molecular formula is C47H33N3. The van der Waals surface area contributed by atoms with E-state index in [9.17, 15) is 0 Å². The SMILES string of the molecule is CC1(C)c2cc(-c3ccc(-c4ccccc4)cc3)ccc2-c2nc(-c3ccccc3)c(-n3c4ccccc4c4cc5ccccc5cc43)nc21. The van der Waals surface area contributed by atoms with Crippen molar-refractivity contribution in [2.24, 2.45) is 0 Å². The van der Waals surface area contributed by atoms with Crippen molar-refractivity contribution in [1.29, 1.82) is 0 Å². The summed E-state index contributed by atoms with van der Waals surface area (Å²) in [5, 5.41) is 4.86. The fourth-order valence-corrected chi connectivity index (χ4v) is 7.94. The Bertz CT molecular complexity index is 2760. The third-order valence-corrected chi connectivity index (χ3v) is 10.5. The molecule has 50 heavy (non-hydrogen) atoms. The zero-order chi connectivity index (χ0) is 33.4. The summed E-state index contributed by atoms with van der Waals surface area (Å²) in [7, 11) is 0. The van der Waals surface area contributed by atoms with Crippen molar-refractivity contribution in [3.63, 3.8) is 0 Å². The summed E-state index contributed by atoms with van der Waals surface area (Å²) in [6.07, 6.45) is 0. The zero-order valence-corrected chi connectivity index (χ0v) is 27.9. The van der Waals surface area contributed by atoms with Gasteiger partial charge in [0.25, 0.3) is 0 Å². The summed E-state index contributed by atoms with van der Waals surface area (Å²) >= 11 is 0. The van der Waals surface area contributed by atoms with Gasteiger partial charge in [0, 0.05) is 27.3 Å². The molecule has 0 unspecified atom stereocenters. The minimum absolute atomic E-state index is 0.354. The van der Waals surface area contributed by atoms with Crippen LogP contribution in [0.25, 0.3) is 83.2 Å². The van der Waals surface area contributed by atoms with Crippen LogP contribution < -0.4 is 0 Å². The van der Waals surface area contributed by atoms with Gasteiger partial charge in [-0.15, -0.1) is 0 Å². The predicted octanol–water partition coefficient (Wildman–Crippen LogP) is 12.0. The minimum Gasteiger partial charge on any atom is -0.292 e. The minimum atomic E-state index is -0.354. The lowest BCUT2D eigenvalue weighted by Gasteiger charge is -2.22. The summed E-state index contributed by atoms with van der Waals surface area (Å²) in [5.41, 5.74) is 13.0. The van der Waals surface area contributed by atoms with Crippen LogP contribution in [0.5, 0.6) is 0 Å². The van der Waals surface area contributed by atoms with E-state index in [0.29, 0.717) is 0 Å². The first-order chi connectivity index (χ1) is 24.5. The standard InChI is InChI=1S/C47H33N3/c1-47(2)40-28-36(32-23-21-31(22-24-32)30-13-5-3-6-14-30)25-26-38(40)44-45(47)49-46(43(48-44)33-15-7-4-8-16-33)50-41-20-12-11-19-37(41)39-27-34-17-9-10-18-35(34)29-42(39)50/h3-29H,1-2H3. The largest absolute Gasteiger partial charge is 0.292 e. The lowest BCUT2D eigenvalue weighted by molar-refractivity contribution is 0.633. The number of aromatic nitrogens is 3. The summed E-state index contributed by atoms with van der Waals surface area (Å²) in [4.78, 5) is 11.2. The Kier molecular flexibility index (Phi) is 6.22. The number of hydrogen-bond donors (Lipinski definition) is 0. The van der Waals surface area contributed by atoms with Gasteiger partial charge in [0.05, 0.1) is 22.4 Å². The first-order valence-corrected chi connectivity index (χ1v) is 17.3. The van der Waals surface area contributed by atoms with Crippen LogP contribution in [0.3, 0.4) is 0 Å². The highest BCUT2D eigenvalue weighted by Gasteiger charge is 2.40. The van der Waals surface area contributed by atoms with E-state index in [1.165, 1.54) is 49.4 Å². The van der Waals surface area contributed by atoms with E-state index in [0.717, 1.165) is 45.1 Å². The molecule has 0 fully saturated rings. The van der Waals surface area contributed by atoms with Crippen LogP contribution in [0.2, 0.25) is 0 Å². The fourth-order valence-electron chi connectivity index (χ4n) is 7.94. The Balaban J connectivity index is 1.18. The van der Waals surface area contributed by atoms with E-state index in [1.54, 1.807) is 0 Å². The molecule has 0 radical (unpaired) electrons. The molecule has 2 heterocycles. The van der Waals surface area contributed by atoms with Crippen LogP contribution in [0.1, 0.15) is 25.1 Å². The number of rotatable bonds is 4. The van der Waals surface area contributed by atoms with Crippen molar-refractivity contribution in [1.82, 2.24) is 14.5 Å². The Hall–Kier alpha value is -6.32. The molecule has 0 saturated carbocycles. The van der Waals surface area contributed by atoms with Gasteiger partial charge in [-0.1, -0.05) is 153 Å². The van der Waals surface area contributed by atoms with E-state index in [-0.39, 0.29) is 5.41 Å². The first-order valence-electron chi connectivity index (χ1n) is 17.3. The molecule has 1 aliphatic carbocycles. The van der Waals surface area contributed by atoms with Crippen molar-refractivity contribution in [2.45, 2.75) is 19.3 Å². The molecular weight excluding hydrogens is 607 g/mol. The van der Waals surface area contributed by atoms with Crippen LogP contribution >= 0.6 is 0 Å². The van der Waals surface area contributed by atoms with Crippen molar-refractivity contribution in [3.8, 4) is 50.6 Å². The van der Waals surface area contributed by atoms with Crippen LogP contribution in [0.4, 0.5) is 0 Å². The highest BCUT2D eigenvalue weighted by Crippen LogP contribution is 2.50. The van der Waals surface area contributed by atoms with Gasteiger partial charge in [0.2, 0.25) is 0 Å². The second-order valence-electron chi connectivity index (χ2n) is 13.9.